The Hall–Kier alpha value is -0.750. The molecule has 1 aromatic rings. The number of nitrogens with one attached hydrogen (secondary N) is 1. The molecular weight excluding hydrogens is 284 g/mol. The zero-order valence-corrected chi connectivity index (χ0v) is 11.2. The molecule has 5 nitrogen and oxygen atoms in total. The first-order chi connectivity index (χ1) is 8.03. The van der Waals surface area contributed by atoms with Gasteiger partial charge in [-0.25, -0.2) is 4.98 Å². The van der Waals surface area contributed by atoms with E-state index >= 15 is 0 Å². The van der Waals surface area contributed by atoms with Crippen LogP contribution in [0.25, 0.3) is 0 Å². The lowest BCUT2D eigenvalue weighted by molar-refractivity contribution is -0.0236. The van der Waals surface area contributed by atoms with Crippen LogP contribution in [0.3, 0.4) is 0 Å². The molecule has 2 fully saturated rings. The molecule has 0 saturated heterocycles. The predicted octanol–water partition coefficient (Wildman–Crippen LogP) is 1.84. The summed E-state index contributed by atoms with van der Waals surface area (Å²) in [5.41, 5.74) is 0.480. The molecule has 17 heavy (non-hydrogen) atoms. The fraction of sp³-hybridized carbons (Fsp3) is 0.727. The standard InChI is InChI=1S/C11H15BrN4O/c1-11(17)4-7(5-11)13-10-14-8(6-2-3-6)9(12)15-16-10/h6-7,17H,2-5H2,1H3,(H,13,14,16)/t7-,11+. The van der Waals surface area contributed by atoms with Gasteiger partial charge in [-0.3, -0.25) is 0 Å². The van der Waals surface area contributed by atoms with Crippen LogP contribution in [0.1, 0.15) is 44.2 Å². The molecule has 92 valence electrons. The zero-order valence-electron chi connectivity index (χ0n) is 9.65. The number of anilines is 1. The van der Waals surface area contributed by atoms with Gasteiger partial charge in [-0.15, -0.1) is 10.2 Å². The van der Waals surface area contributed by atoms with E-state index in [9.17, 15) is 5.11 Å². The van der Waals surface area contributed by atoms with Crippen molar-refractivity contribution in [1.82, 2.24) is 15.2 Å². The monoisotopic (exact) mass is 298 g/mol. The summed E-state index contributed by atoms with van der Waals surface area (Å²) in [6.45, 7) is 1.85. The number of hydrogen-bond donors (Lipinski definition) is 2. The minimum Gasteiger partial charge on any atom is -0.390 e. The molecule has 0 atom stereocenters. The largest absolute Gasteiger partial charge is 0.390 e. The van der Waals surface area contributed by atoms with Crippen molar-refractivity contribution < 1.29 is 5.11 Å². The summed E-state index contributed by atoms with van der Waals surface area (Å²) in [5.74, 6) is 1.13. The second-order valence-electron chi connectivity index (χ2n) is 5.33. The van der Waals surface area contributed by atoms with Crippen LogP contribution in [0.4, 0.5) is 5.95 Å². The fourth-order valence-corrected chi connectivity index (χ4v) is 2.78. The Morgan fingerprint density at radius 2 is 2.06 bits per heavy atom. The van der Waals surface area contributed by atoms with Gasteiger partial charge in [0, 0.05) is 12.0 Å². The molecule has 2 aliphatic rings. The van der Waals surface area contributed by atoms with Crippen molar-refractivity contribution in [3.8, 4) is 0 Å². The lowest BCUT2D eigenvalue weighted by Gasteiger charge is -2.41. The highest BCUT2D eigenvalue weighted by molar-refractivity contribution is 9.10. The fourth-order valence-electron chi connectivity index (χ4n) is 2.29. The smallest absolute Gasteiger partial charge is 0.243 e. The molecule has 0 amide bonds. The third kappa shape index (κ3) is 2.42. The summed E-state index contributed by atoms with van der Waals surface area (Å²) in [6, 6.07) is 0.264. The lowest BCUT2D eigenvalue weighted by atomic mass is 9.77. The third-order valence-electron chi connectivity index (χ3n) is 3.34. The van der Waals surface area contributed by atoms with Gasteiger partial charge in [0.15, 0.2) is 4.60 Å². The van der Waals surface area contributed by atoms with Crippen molar-refractivity contribution in [3.05, 3.63) is 10.3 Å². The van der Waals surface area contributed by atoms with Gasteiger partial charge in [0.05, 0.1) is 11.3 Å². The van der Waals surface area contributed by atoms with Gasteiger partial charge < -0.3 is 10.4 Å². The second-order valence-corrected chi connectivity index (χ2v) is 6.08. The summed E-state index contributed by atoms with van der Waals surface area (Å²) < 4.78 is 0.756. The minimum absolute atomic E-state index is 0.264. The van der Waals surface area contributed by atoms with Gasteiger partial charge in [-0.1, -0.05) is 0 Å². The van der Waals surface area contributed by atoms with E-state index in [0.717, 1.165) is 23.1 Å². The molecular formula is C11H15BrN4O. The van der Waals surface area contributed by atoms with Gasteiger partial charge in [0.2, 0.25) is 5.95 Å². The molecule has 0 unspecified atom stereocenters. The summed E-state index contributed by atoms with van der Waals surface area (Å²) in [6.07, 6.45) is 3.86. The quantitative estimate of drug-likeness (QED) is 0.891. The Labute approximate surface area is 108 Å². The molecule has 0 aromatic carbocycles. The Bertz CT molecular complexity index is 439. The zero-order chi connectivity index (χ0) is 12.0. The molecule has 0 radical (unpaired) electrons. The number of rotatable bonds is 3. The molecule has 6 heteroatoms. The summed E-state index contributed by atoms with van der Waals surface area (Å²) >= 11 is 3.38. The van der Waals surface area contributed by atoms with E-state index in [1.54, 1.807) is 0 Å². The van der Waals surface area contributed by atoms with Crippen LogP contribution in [0, 0.1) is 0 Å². The molecule has 2 saturated carbocycles. The molecule has 2 N–H and O–H groups in total. The average Bonchev–Trinajstić information content (AvgIpc) is 3.01. The second kappa shape index (κ2) is 3.88. The molecule has 1 heterocycles. The Kier molecular flexibility index (Phi) is 2.59. The first-order valence-corrected chi connectivity index (χ1v) is 6.72. The van der Waals surface area contributed by atoms with Crippen molar-refractivity contribution in [3.63, 3.8) is 0 Å². The number of halogens is 1. The normalized spacial score (nSPS) is 32.1. The predicted molar refractivity (Wildman–Crippen MR) is 66.8 cm³/mol. The molecule has 0 aliphatic heterocycles. The topological polar surface area (TPSA) is 70.9 Å². The van der Waals surface area contributed by atoms with E-state index in [-0.39, 0.29) is 6.04 Å². The van der Waals surface area contributed by atoms with Crippen LogP contribution in [-0.2, 0) is 0 Å². The van der Waals surface area contributed by atoms with Crippen LogP contribution in [-0.4, -0.2) is 31.9 Å². The van der Waals surface area contributed by atoms with Crippen molar-refractivity contribution in [2.24, 2.45) is 0 Å². The molecule has 1 aromatic heterocycles. The Morgan fingerprint density at radius 1 is 1.35 bits per heavy atom. The maximum absolute atomic E-state index is 9.65. The highest BCUT2D eigenvalue weighted by Crippen LogP contribution is 2.41. The van der Waals surface area contributed by atoms with Gasteiger partial charge >= 0.3 is 0 Å². The first-order valence-electron chi connectivity index (χ1n) is 5.92. The molecule has 0 bridgehead atoms. The van der Waals surface area contributed by atoms with E-state index < -0.39 is 5.60 Å². The van der Waals surface area contributed by atoms with Crippen LogP contribution < -0.4 is 5.32 Å². The third-order valence-corrected chi connectivity index (χ3v) is 3.90. The van der Waals surface area contributed by atoms with Crippen LogP contribution in [0.2, 0.25) is 0 Å². The summed E-state index contributed by atoms with van der Waals surface area (Å²) in [4.78, 5) is 4.49. The maximum atomic E-state index is 9.65. The van der Waals surface area contributed by atoms with E-state index in [2.05, 4.69) is 36.4 Å². The van der Waals surface area contributed by atoms with Crippen molar-refractivity contribution in [2.75, 3.05) is 5.32 Å². The Balaban J connectivity index is 1.69. The minimum atomic E-state index is -0.528. The van der Waals surface area contributed by atoms with Gasteiger partial charge in [-0.2, -0.15) is 0 Å². The number of nitrogens with zero attached hydrogens (tertiary/aromatic N) is 3. The van der Waals surface area contributed by atoms with E-state index in [1.807, 2.05) is 6.92 Å². The van der Waals surface area contributed by atoms with Gasteiger partial charge in [-0.05, 0) is 48.5 Å². The van der Waals surface area contributed by atoms with Crippen LogP contribution >= 0.6 is 15.9 Å². The average molecular weight is 299 g/mol. The van der Waals surface area contributed by atoms with E-state index in [4.69, 9.17) is 0 Å². The van der Waals surface area contributed by atoms with Crippen LogP contribution in [0.15, 0.2) is 4.60 Å². The van der Waals surface area contributed by atoms with Gasteiger partial charge in [0.25, 0.3) is 0 Å². The molecule has 3 rings (SSSR count). The van der Waals surface area contributed by atoms with Crippen molar-refractivity contribution in [1.29, 1.82) is 0 Å². The summed E-state index contributed by atoms with van der Waals surface area (Å²) in [5, 5.41) is 21.0. The number of aliphatic hydroxyl groups is 1. The number of aromatic nitrogens is 3. The highest BCUT2D eigenvalue weighted by atomic mass is 79.9. The molecule has 2 aliphatic carbocycles. The lowest BCUT2D eigenvalue weighted by Crippen LogP contribution is -2.48. The number of hydrogen-bond acceptors (Lipinski definition) is 5. The first kappa shape index (κ1) is 11.3. The molecule has 0 spiro atoms. The van der Waals surface area contributed by atoms with Crippen molar-refractivity contribution in [2.45, 2.75) is 50.2 Å². The van der Waals surface area contributed by atoms with E-state index in [0.29, 0.717) is 11.9 Å². The summed E-state index contributed by atoms with van der Waals surface area (Å²) in [7, 11) is 0. The van der Waals surface area contributed by atoms with Gasteiger partial charge in [0.1, 0.15) is 0 Å². The highest BCUT2D eigenvalue weighted by Gasteiger charge is 2.39. The Morgan fingerprint density at radius 3 is 2.65 bits per heavy atom. The SMILES string of the molecule is C[C@]1(O)C[C@@H](Nc2nnc(Br)c(C3CC3)n2)C1. The van der Waals surface area contributed by atoms with Crippen molar-refractivity contribution >= 4 is 21.9 Å². The van der Waals surface area contributed by atoms with Crippen LogP contribution in [0.5, 0.6) is 0 Å². The van der Waals surface area contributed by atoms with E-state index in [1.165, 1.54) is 12.8 Å². The maximum Gasteiger partial charge on any atom is 0.243 e.